The van der Waals surface area contributed by atoms with Gasteiger partial charge in [-0.2, -0.15) is 0 Å². The largest absolute Gasteiger partial charge is 0.399 e. The van der Waals surface area contributed by atoms with Gasteiger partial charge in [-0.25, -0.2) is 0 Å². The van der Waals surface area contributed by atoms with Gasteiger partial charge in [-0.1, -0.05) is 11.6 Å². The number of nitrogens with one attached hydrogen (secondary N) is 1. The lowest BCUT2D eigenvalue weighted by molar-refractivity contribution is 0.102. The predicted molar refractivity (Wildman–Crippen MR) is 82.0 cm³/mol. The summed E-state index contributed by atoms with van der Waals surface area (Å²) >= 11 is 7.63. The van der Waals surface area contributed by atoms with Crippen LogP contribution in [0.5, 0.6) is 0 Å². The van der Waals surface area contributed by atoms with Crippen LogP contribution in [0.25, 0.3) is 0 Å². The van der Waals surface area contributed by atoms with Gasteiger partial charge in [0.15, 0.2) is 0 Å². The zero-order valence-electron chi connectivity index (χ0n) is 10.3. The third-order valence-electron chi connectivity index (χ3n) is 2.58. The highest BCUT2D eigenvalue weighted by molar-refractivity contribution is 7.98. The molecule has 0 saturated carbocycles. The monoisotopic (exact) mass is 292 g/mol. The summed E-state index contributed by atoms with van der Waals surface area (Å²) in [7, 11) is 0. The Kier molecular flexibility index (Phi) is 4.35. The third kappa shape index (κ3) is 3.43. The Morgan fingerprint density at radius 1 is 1.21 bits per heavy atom. The van der Waals surface area contributed by atoms with Crippen LogP contribution in [0.4, 0.5) is 11.4 Å². The van der Waals surface area contributed by atoms with Gasteiger partial charge in [-0.3, -0.25) is 4.79 Å². The van der Waals surface area contributed by atoms with Crippen molar-refractivity contribution in [3.8, 4) is 0 Å². The number of thioether (sulfide) groups is 1. The highest BCUT2D eigenvalue weighted by Crippen LogP contribution is 2.21. The number of nitrogen functional groups attached to an aromatic ring is 1. The van der Waals surface area contributed by atoms with Crippen LogP contribution in [0.15, 0.2) is 47.4 Å². The minimum absolute atomic E-state index is 0.269. The molecule has 5 heteroatoms. The molecule has 0 aromatic heterocycles. The number of amides is 1. The molecular weight excluding hydrogens is 280 g/mol. The number of carbonyl (C=O) groups is 1. The Balaban J connectivity index is 2.18. The van der Waals surface area contributed by atoms with E-state index in [1.165, 1.54) is 0 Å². The predicted octanol–water partition coefficient (Wildman–Crippen LogP) is 3.90. The fourth-order valence-corrected chi connectivity index (χ4v) is 2.20. The summed E-state index contributed by atoms with van der Waals surface area (Å²) in [5, 5.41) is 3.17. The number of benzene rings is 2. The van der Waals surface area contributed by atoms with E-state index in [4.69, 9.17) is 17.3 Å². The molecule has 0 aliphatic rings. The molecule has 3 N–H and O–H groups in total. The van der Waals surface area contributed by atoms with E-state index in [1.54, 1.807) is 30.0 Å². The van der Waals surface area contributed by atoms with Crippen LogP contribution >= 0.6 is 23.4 Å². The van der Waals surface area contributed by atoms with Crippen LogP contribution in [0.2, 0.25) is 5.02 Å². The van der Waals surface area contributed by atoms with Crippen LogP contribution in [0.3, 0.4) is 0 Å². The van der Waals surface area contributed by atoms with Crippen LogP contribution in [-0.4, -0.2) is 12.2 Å². The molecule has 0 aliphatic heterocycles. The standard InChI is InChI=1S/C14H13ClN2OS/c1-19-11-5-3-10(4-6-11)17-14(18)12-8-9(16)2-7-13(12)15/h2-8H,16H2,1H3,(H,17,18). The normalized spacial score (nSPS) is 10.2. The van der Waals surface area contributed by atoms with E-state index in [-0.39, 0.29) is 5.91 Å². The van der Waals surface area contributed by atoms with Crippen molar-refractivity contribution in [3.05, 3.63) is 53.1 Å². The second kappa shape index (κ2) is 5.99. The summed E-state index contributed by atoms with van der Waals surface area (Å²) in [6.45, 7) is 0. The van der Waals surface area contributed by atoms with E-state index in [2.05, 4.69) is 5.32 Å². The van der Waals surface area contributed by atoms with E-state index in [0.29, 0.717) is 16.3 Å². The fourth-order valence-electron chi connectivity index (χ4n) is 1.59. The van der Waals surface area contributed by atoms with E-state index >= 15 is 0 Å². The molecule has 1 amide bonds. The van der Waals surface area contributed by atoms with Gasteiger partial charge in [0.1, 0.15) is 0 Å². The Morgan fingerprint density at radius 3 is 2.53 bits per heavy atom. The Bertz CT molecular complexity index is 599. The first-order valence-electron chi connectivity index (χ1n) is 5.60. The molecule has 0 atom stereocenters. The molecule has 0 aliphatic carbocycles. The number of carbonyl (C=O) groups excluding carboxylic acids is 1. The zero-order valence-corrected chi connectivity index (χ0v) is 11.9. The van der Waals surface area contributed by atoms with Crippen LogP contribution in [0, 0.1) is 0 Å². The summed E-state index contributed by atoms with van der Waals surface area (Å²) < 4.78 is 0. The average Bonchev–Trinajstić information content (AvgIpc) is 2.42. The highest BCUT2D eigenvalue weighted by Gasteiger charge is 2.10. The molecule has 0 unspecified atom stereocenters. The van der Waals surface area contributed by atoms with Gasteiger partial charge in [0.05, 0.1) is 10.6 Å². The first-order valence-corrected chi connectivity index (χ1v) is 7.21. The first kappa shape index (κ1) is 13.8. The SMILES string of the molecule is CSc1ccc(NC(=O)c2cc(N)ccc2Cl)cc1. The number of nitrogens with two attached hydrogens (primary N) is 1. The molecule has 19 heavy (non-hydrogen) atoms. The first-order chi connectivity index (χ1) is 9.10. The molecule has 98 valence electrons. The van der Waals surface area contributed by atoms with E-state index < -0.39 is 0 Å². The van der Waals surface area contributed by atoms with Gasteiger partial charge in [0.25, 0.3) is 5.91 Å². The molecule has 0 heterocycles. The van der Waals surface area contributed by atoms with Gasteiger partial charge in [-0.05, 0) is 48.7 Å². The molecule has 2 rings (SSSR count). The summed E-state index contributed by atoms with van der Waals surface area (Å²) in [6, 6.07) is 12.4. The number of halogens is 1. The lowest BCUT2D eigenvalue weighted by Gasteiger charge is -2.08. The maximum Gasteiger partial charge on any atom is 0.257 e. The summed E-state index contributed by atoms with van der Waals surface area (Å²) in [5.41, 5.74) is 7.26. The lowest BCUT2D eigenvalue weighted by Crippen LogP contribution is -2.12. The molecule has 2 aromatic rings. The van der Waals surface area contributed by atoms with Gasteiger partial charge in [0, 0.05) is 16.3 Å². The number of hydrogen-bond donors (Lipinski definition) is 2. The van der Waals surface area contributed by atoms with Crippen LogP contribution < -0.4 is 11.1 Å². The Labute approximate surface area is 121 Å². The summed E-state index contributed by atoms with van der Waals surface area (Å²) in [6.07, 6.45) is 2.00. The summed E-state index contributed by atoms with van der Waals surface area (Å²) in [4.78, 5) is 13.2. The topological polar surface area (TPSA) is 55.1 Å². The Hall–Kier alpha value is -1.65. The van der Waals surface area contributed by atoms with Crippen molar-refractivity contribution < 1.29 is 4.79 Å². The van der Waals surface area contributed by atoms with Crippen molar-refractivity contribution in [3.63, 3.8) is 0 Å². The van der Waals surface area contributed by atoms with Crippen molar-refractivity contribution in [2.24, 2.45) is 0 Å². The quantitative estimate of drug-likeness (QED) is 0.666. The van der Waals surface area contributed by atoms with E-state index in [0.717, 1.165) is 10.6 Å². The second-order valence-corrected chi connectivity index (χ2v) is 5.21. The van der Waals surface area contributed by atoms with Crippen molar-refractivity contribution in [2.75, 3.05) is 17.3 Å². The summed E-state index contributed by atoms with van der Waals surface area (Å²) in [5.74, 6) is -0.269. The van der Waals surface area contributed by atoms with Gasteiger partial charge in [-0.15, -0.1) is 11.8 Å². The number of hydrogen-bond acceptors (Lipinski definition) is 3. The molecule has 0 saturated heterocycles. The van der Waals surface area contributed by atoms with E-state index in [9.17, 15) is 4.79 Å². The highest BCUT2D eigenvalue weighted by atomic mass is 35.5. The minimum Gasteiger partial charge on any atom is -0.399 e. The van der Waals surface area contributed by atoms with Gasteiger partial charge in [0.2, 0.25) is 0 Å². The molecule has 2 aromatic carbocycles. The maximum atomic E-state index is 12.1. The molecular formula is C14H13ClN2OS. The lowest BCUT2D eigenvalue weighted by atomic mass is 10.2. The van der Waals surface area contributed by atoms with Gasteiger partial charge < -0.3 is 11.1 Å². The zero-order chi connectivity index (χ0) is 13.8. The minimum atomic E-state index is -0.269. The molecule has 3 nitrogen and oxygen atoms in total. The maximum absolute atomic E-state index is 12.1. The van der Waals surface area contributed by atoms with Crippen molar-refractivity contribution in [1.82, 2.24) is 0 Å². The van der Waals surface area contributed by atoms with E-state index in [1.807, 2.05) is 30.5 Å². The Morgan fingerprint density at radius 2 is 1.89 bits per heavy atom. The smallest absolute Gasteiger partial charge is 0.257 e. The molecule has 0 bridgehead atoms. The number of rotatable bonds is 3. The average molecular weight is 293 g/mol. The van der Waals surface area contributed by atoms with Crippen molar-refractivity contribution in [1.29, 1.82) is 0 Å². The third-order valence-corrected chi connectivity index (χ3v) is 3.66. The van der Waals surface area contributed by atoms with Crippen molar-refractivity contribution >= 4 is 40.6 Å². The van der Waals surface area contributed by atoms with Crippen LogP contribution in [-0.2, 0) is 0 Å². The van der Waals surface area contributed by atoms with Gasteiger partial charge >= 0.3 is 0 Å². The second-order valence-electron chi connectivity index (χ2n) is 3.92. The molecule has 0 fully saturated rings. The number of anilines is 2. The molecule has 0 radical (unpaired) electrons. The molecule has 0 spiro atoms. The van der Waals surface area contributed by atoms with Crippen molar-refractivity contribution in [2.45, 2.75) is 4.90 Å². The fraction of sp³-hybridized carbons (Fsp3) is 0.0714. The van der Waals surface area contributed by atoms with Crippen LogP contribution in [0.1, 0.15) is 10.4 Å².